The van der Waals surface area contributed by atoms with Crippen molar-refractivity contribution in [2.75, 3.05) is 6.54 Å². The molecule has 0 aromatic carbocycles. The summed E-state index contributed by atoms with van der Waals surface area (Å²) in [4.78, 5) is 11.5. The maximum atomic E-state index is 11.5. The van der Waals surface area contributed by atoms with Crippen LogP contribution in [-0.2, 0) is 11.3 Å². The Balaban J connectivity index is 2.27. The van der Waals surface area contributed by atoms with Crippen molar-refractivity contribution in [2.24, 2.45) is 0 Å². The van der Waals surface area contributed by atoms with E-state index < -0.39 is 11.7 Å². The fraction of sp³-hybridized carbons (Fsp3) is 0.615. The molecule has 7 heteroatoms. The molecule has 1 unspecified atom stereocenters. The second-order valence-corrected chi connectivity index (χ2v) is 7.07. The Morgan fingerprint density at radius 3 is 2.60 bits per heavy atom. The molecule has 1 atom stereocenters. The van der Waals surface area contributed by atoms with Crippen LogP contribution in [-0.4, -0.2) is 24.3 Å². The van der Waals surface area contributed by atoms with Crippen molar-refractivity contribution < 1.29 is 13.9 Å². The number of amides is 1. The van der Waals surface area contributed by atoms with Crippen molar-refractivity contribution in [3.8, 4) is 0 Å². The summed E-state index contributed by atoms with van der Waals surface area (Å²) in [5.41, 5.74) is -0.479. The van der Waals surface area contributed by atoms with Crippen LogP contribution in [0.15, 0.2) is 19.6 Å². The maximum Gasteiger partial charge on any atom is 0.407 e. The van der Waals surface area contributed by atoms with E-state index in [4.69, 9.17) is 9.15 Å². The van der Waals surface area contributed by atoms with Gasteiger partial charge in [-0.05, 0) is 65.6 Å². The Bertz CT molecular complexity index is 435. The van der Waals surface area contributed by atoms with E-state index in [1.165, 1.54) is 0 Å². The van der Waals surface area contributed by atoms with Crippen molar-refractivity contribution in [3.05, 3.63) is 21.0 Å². The van der Waals surface area contributed by atoms with E-state index in [0.29, 0.717) is 17.8 Å². The van der Waals surface area contributed by atoms with Gasteiger partial charge in [0.05, 0.1) is 11.0 Å². The van der Waals surface area contributed by atoms with E-state index in [1.807, 2.05) is 33.8 Å². The fourth-order valence-corrected chi connectivity index (χ4v) is 2.03. The summed E-state index contributed by atoms with van der Waals surface area (Å²) >= 11 is 6.64. The summed E-state index contributed by atoms with van der Waals surface area (Å²) in [5, 5.41) is 5.97. The number of hydrogen-bond acceptors (Lipinski definition) is 4. The van der Waals surface area contributed by atoms with Gasteiger partial charge in [0.25, 0.3) is 0 Å². The van der Waals surface area contributed by atoms with Gasteiger partial charge in [0, 0.05) is 12.6 Å². The Hall–Kier alpha value is -0.530. The molecule has 0 saturated carbocycles. The topological polar surface area (TPSA) is 63.5 Å². The van der Waals surface area contributed by atoms with Gasteiger partial charge in [-0.1, -0.05) is 0 Å². The van der Waals surface area contributed by atoms with Crippen molar-refractivity contribution >= 4 is 38.0 Å². The van der Waals surface area contributed by atoms with Crippen LogP contribution in [0, 0.1) is 0 Å². The molecule has 0 bridgehead atoms. The van der Waals surface area contributed by atoms with E-state index in [0.717, 1.165) is 10.2 Å². The summed E-state index contributed by atoms with van der Waals surface area (Å²) in [6, 6.07) is 2.00. The van der Waals surface area contributed by atoms with Gasteiger partial charge >= 0.3 is 6.09 Å². The maximum absolute atomic E-state index is 11.5. The molecule has 0 fully saturated rings. The fourth-order valence-electron chi connectivity index (χ4n) is 1.38. The number of hydrogen-bond donors (Lipinski definition) is 2. The molecule has 0 radical (unpaired) electrons. The number of rotatable bonds is 5. The van der Waals surface area contributed by atoms with Crippen molar-refractivity contribution in [2.45, 2.75) is 45.9 Å². The summed E-state index contributed by atoms with van der Waals surface area (Å²) in [7, 11) is 0. The minimum Gasteiger partial charge on any atom is -0.452 e. The van der Waals surface area contributed by atoms with Gasteiger partial charge < -0.3 is 19.8 Å². The van der Waals surface area contributed by atoms with Gasteiger partial charge in [0.2, 0.25) is 0 Å². The molecule has 2 N–H and O–H groups in total. The zero-order valence-corrected chi connectivity index (χ0v) is 15.2. The number of ether oxygens (including phenoxy) is 1. The number of halogens is 2. The Morgan fingerprint density at radius 1 is 1.45 bits per heavy atom. The third kappa shape index (κ3) is 6.76. The molecule has 0 aliphatic rings. The van der Waals surface area contributed by atoms with Gasteiger partial charge in [-0.3, -0.25) is 0 Å². The molecule has 1 heterocycles. The number of furan rings is 1. The second kappa shape index (κ2) is 7.47. The lowest BCUT2D eigenvalue weighted by Crippen LogP contribution is -2.40. The number of alkyl carbamates (subject to hydrolysis) is 1. The van der Waals surface area contributed by atoms with Crippen LogP contribution in [0.25, 0.3) is 0 Å². The molecule has 1 rings (SSSR count). The average molecular weight is 412 g/mol. The van der Waals surface area contributed by atoms with Gasteiger partial charge in [-0.2, -0.15) is 0 Å². The highest BCUT2D eigenvalue weighted by Crippen LogP contribution is 2.26. The summed E-state index contributed by atoms with van der Waals surface area (Å²) in [6.07, 6.45) is -0.408. The molecular weight excluding hydrogens is 392 g/mol. The molecule has 1 aromatic rings. The summed E-state index contributed by atoms with van der Waals surface area (Å²) < 4.78 is 12.2. The number of carbonyl (C=O) groups is 1. The third-order valence-corrected chi connectivity index (χ3v) is 3.98. The van der Waals surface area contributed by atoms with E-state index in [9.17, 15) is 4.79 Å². The van der Waals surface area contributed by atoms with Crippen LogP contribution in [0.3, 0.4) is 0 Å². The second-order valence-electron chi connectivity index (χ2n) is 5.50. The highest BCUT2D eigenvalue weighted by atomic mass is 79.9. The molecular formula is C13H20Br2N2O3. The number of carbonyl (C=O) groups excluding carboxylic acids is 1. The molecule has 0 saturated heterocycles. The highest BCUT2D eigenvalue weighted by molar-refractivity contribution is 9.13. The van der Waals surface area contributed by atoms with Gasteiger partial charge in [0.15, 0.2) is 4.67 Å². The number of nitrogens with one attached hydrogen (secondary N) is 2. The molecule has 20 heavy (non-hydrogen) atoms. The lowest BCUT2D eigenvalue weighted by Gasteiger charge is -2.21. The van der Waals surface area contributed by atoms with Crippen molar-refractivity contribution in [1.82, 2.24) is 10.6 Å². The first-order valence-electron chi connectivity index (χ1n) is 6.31. The molecule has 1 amide bonds. The first-order valence-corrected chi connectivity index (χ1v) is 7.90. The molecule has 5 nitrogen and oxygen atoms in total. The summed E-state index contributed by atoms with van der Waals surface area (Å²) in [6.45, 7) is 8.55. The van der Waals surface area contributed by atoms with Crippen LogP contribution in [0.1, 0.15) is 33.5 Å². The first-order chi connectivity index (χ1) is 9.17. The molecule has 1 aromatic heterocycles. The SMILES string of the molecule is CC(CNC(=O)OC(C)(C)C)NCc1cc(Br)c(Br)o1. The Labute approximate surface area is 136 Å². The van der Waals surface area contributed by atoms with Crippen LogP contribution in [0.2, 0.25) is 0 Å². The minimum absolute atomic E-state index is 0.102. The van der Waals surface area contributed by atoms with Crippen LogP contribution < -0.4 is 10.6 Å². The van der Waals surface area contributed by atoms with Crippen LogP contribution >= 0.6 is 31.9 Å². The summed E-state index contributed by atoms with van der Waals surface area (Å²) in [5.74, 6) is 0.813. The normalized spacial score (nSPS) is 13.1. The van der Waals surface area contributed by atoms with Crippen LogP contribution in [0.4, 0.5) is 4.79 Å². The zero-order chi connectivity index (χ0) is 15.3. The lowest BCUT2D eigenvalue weighted by atomic mass is 10.2. The van der Waals surface area contributed by atoms with E-state index in [-0.39, 0.29) is 6.04 Å². The highest BCUT2D eigenvalue weighted by Gasteiger charge is 2.16. The lowest BCUT2D eigenvalue weighted by molar-refractivity contribution is 0.0523. The Kier molecular flexibility index (Phi) is 6.54. The average Bonchev–Trinajstić information content (AvgIpc) is 2.61. The quantitative estimate of drug-likeness (QED) is 0.773. The predicted octanol–water partition coefficient (Wildman–Crippen LogP) is 3.81. The minimum atomic E-state index is -0.479. The van der Waals surface area contributed by atoms with Crippen molar-refractivity contribution in [1.29, 1.82) is 0 Å². The molecule has 0 spiro atoms. The van der Waals surface area contributed by atoms with Crippen molar-refractivity contribution in [3.63, 3.8) is 0 Å². The molecule has 114 valence electrons. The van der Waals surface area contributed by atoms with E-state index in [2.05, 4.69) is 42.5 Å². The largest absolute Gasteiger partial charge is 0.452 e. The third-order valence-electron chi connectivity index (χ3n) is 2.27. The smallest absolute Gasteiger partial charge is 0.407 e. The molecule has 0 aliphatic carbocycles. The van der Waals surface area contributed by atoms with Crippen LogP contribution in [0.5, 0.6) is 0 Å². The first kappa shape index (κ1) is 17.5. The zero-order valence-electron chi connectivity index (χ0n) is 12.0. The molecule has 0 aliphatic heterocycles. The monoisotopic (exact) mass is 410 g/mol. The standard InChI is InChI=1S/C13H20Br2N2O3/c1-8(6-17-12(18)20-13(2,3)4)16-7-9-5-10(14)11(15)19-9/h5,8,16H,6-7H2,1-4H3,(H,17,18). The van der Waals surface area contributed by atoms with E-state index in [1.54, 1.807) is 0 Å². The Morgan fingerprint density at radius 2 is 2.10 bits per heavy atom. The van der Waals surface area contributed by atoms with E-state index >= 15 is 0 Å². The van der Waals surface area contributed by atoms with Gasteiger partial charge in [-0.15, -0.1) is 0 Å². The van der Waals surface area contributed by atoms with Gasteiger partial charge in [0.1, 0.15) is 11.4 Å². The predicted molar refractivity (Wildman–Crippen MR) is 84.6 cm³/mol. The van der Waals surface area contributed by atoms with Gasteiger partial charge in [-0.25, -0.2) is 4.79 Å².